The molecule has 20 heavy (non-hydrogen) atoms. The molecular weight excluding hydrogens is 296 g/mol. The zero-order chi connectivity index (χ0) is 14.6. The highest BCUT2D eigenvalue weighted by Gasteiger charge is 2.25. The van der Waals surface area contributed by atoms with Gasteiger partial charge in [-0.3, -0.25) is 0 Å². The molecule has 0 bridgehead atoms. The lowest BCUT2D eigenvalue weighted by Gasteiger charge is -2.25. The lowest BCUT2D eigenvalue weighted by atomic mass is 10.0. The van der Waals surface area contributed by atoms with E-state index in [2.05, 4.69) is 12.2 Å². The van der Waals surface area contributed by atoms with E-state index < -0.39 is 9.84 Å². The number of carbonyl (C=O) groups excluding carboxylic acids is 1. The van der Waals surface area contributed by atoms with Crippen LogP contribution in [0.3, 0.4) is 0 Å². The van der Waals surface area contributed by atoms with Crippen LogP contribution in [0.4, 0.5) is 4.79 Å². The van der Waals surface area contributed by atoms with Gasteiger partial charge in [-0.15, -0.1) is 0 Å². The van der Waals surface area contributed by atoms with Crippen molar-refractivity contribution >= 4 is 27.6 Å². The Morgan fingerprint density at radius 2 is 1.95 bits per heavy atom. The standard InChI is InChI=1S/C13H24N2O3S2/c1-11-2-5-15(6-7-19-11)13(16)14-10-12-3-8-20(17,18)9-4-12/h11-12H,2-10H2,1H3,(H,14,16). The number of rotatable bonds is 2. The number of urea groups is 1. The molecule has 0 radical (unpaired) electrons. The van der Waals surface area contributed by atoms with E-state index in [9.17, 15) is 13.2 Å². The molecule has 7 heteroatoms. The minimum Gasteiger partial charge on any atom is -0.338 e. The van der Waals surface area contributed by atoms with Crippen molar-refractivity contribution in [3.63, 3.8) is 0 Å². The summed E-state index contributed by atoms with van der Waals surface area (Å²) in [6.07, 6.45) is 2.39. The van der Waals surface area contributed by atoms with Crippen LogP contribution in [-0.2, 0) is 9.84 Å². The van der Waals surface area contributed by atoms with Crippen molar-refractivity contribution in [2.24, 2.45) is 5.92 Å². The molecule has 0 aromatic carbocycles. The smallest absolute Gasteiger partial charge is 0.317 e. The first kappa shape index (κ1) is 15.9. The molecule has 2 aliphatic rings. The molecule has 1 atom stereocenters. The Labute approximate surface area is 125 Å². The molecule has 0 spiro atoms. The van der Waals surface area contributed by atoms with E-state index in [1.807, 2.05) is 16.7 Å². The normalized spacial score (nSPS) is 27.9. The van der Waals surface area contributed by atoms with E-state index in [0.717, 1.165) is 25.3 Å². The number of hydrogen-bond donors (Lipinski definition) is 1. The molecule has 0 aliphatic carbocycles. The lowest BCUT2D eigenvalue weighted by molar-refractivity contribution is 0.199. The van der Waals surface area contributed by atoms with Gasteiger partial charge in [0, 0.05) is 30.6 Å². The van der Waals surface area contributed by atoms with Crippen LogP contribution in [0, 0.1) is 5.92 Å². The van der Waals surface area contributed by atoms with Gasteiger partial charge < -0.3 is 10.2 Å². The highest BCUT2D eigenvalue weighted by molar-refractivity contribution is 7.99. The predicted octanol–water partition coefficient (Wildman–Crippen LogP) is 1.35. The quantitative estimate of drug-likeness (QED) is 0.834. The van der Waals surface area contributed by atoms with E-state index in [4.69, 9.17) is 0 Å². The number of sulfone groups is 1. The van der Waals surface area contributed by atoms with Gasteiger partial charge in [0.1, 0.15) is 9.84 Å². The Morgan fingerprint density at radius 1 is 1.25 bits per heavy atom. The number of nitrogens with zero attached hydrogens (tertiary/aromatic N) is 1. The SMILES string of the molecule is CC1CCN(C(=O)NCC2CCS(=O)(=O)CC2)CCS1. The summed E-state index contributed by atoms with van der Waals surface area (Å²) in [6.45, 7) is 4.43. The van der Waals surface area contributed by atoms with Crippen LogP contribution >= 0.6 is 11.8 Å². The third-order valence-electron chi connectivity index (χ3n) is 4.07. The number of hydrogen-bond acceptors (Lipinski definition) is 4. The van der Waals surface area contributed by atoms with Crippen molar-refractivity contribution in [1.82, 2.24) is 10.2 Å². The first-order valence-electron chi connectivity index (χ1n) is 7.31. The number of carbonyl (C=O) groups is 1. The van der Waals surface area contributed by atoms with Crippen LogP contribution < -0.4 is 5.32 Å². The highest BCUT2D eigenvalue weighted by Crippen LogP contribution is 2.20. The Balaban J connectivity index is 1.72. The van der Waals surface area contributed by atoms with Crippen molar-refractivity contribution < 1.29 is 13.2 Å². The second kappa shape index (κ2) is 7.02. The van der Waals surface area contributed by atoms with E-state index >= 15 is 0 Å². The van der Waals surface area contributed by atoms with Crippen molar-refractivity contribution in [3.8, 4) is 0 Å². The van der Waals surface area contributed by atoms with Gasteiger partial charge in [-0.2, -0.15) is 11.8 Å². The molecule has 116 valence electrons. The second-order valence-electron chi connectivity index (χ2n) is 5.74. The largest absolute Gasteiger partial charge is 0.338 e. The summed E-state index contributed by atoms with van der Waals surface area (Å²) in [5.74, 6) is 1.84. The Hall–Kier alpha value is -0.430. The van der Waals surface area contributed by atoms with Crippen LogP contribution in [0.1, 0.15) is 26.2 Å². The second-order valence-corrected chi connectivity index (χ2v) is 9.59. The first-order chi connectivity index (χ1) is 9.46. The van der Waals surface area contributed by atoms with Gasteiger partial charge in [0.25, 0.3) is 0 Å². The first-order valence-corrected chi connectivity index (χ1v) is 10.2. The third kappa shape index (κ3) is 4.84. The summed E-state index contributed by atoms with van der Waals surface area (Å²) >= 11 is 1.92. The van der Waals surface area contributed by atoms with E-state index in [1.165, 1.54) is 0 Å². The van der Waals surface area contributed by atoms with Crippen LogP contribution in [-0.4, -0.2) is 61.5 Å². The number of nitrogens with one attached hydrogen (secondary N) is 1. The Morgan fingerprint density at radius 3 is 2.65 bits per heavy atom. The van der Waals surface area contributed by atoms with E-state index in [-0.39, 0.29) is 17.5 Å². The van der Waals surface area contributed by atoms with Gasteiger partial charge >= 0.3 is 6.03 Å². The molecule has 1 N–H and O–H groups in total. The van der Waals surface area contributed by atoms with Gasteiger partial charge in [-0.1, -0.05) is 6.92 Å². The predicted molar refractivity (Wildman–Crippen MR) is 82.9 cm³/mol. The van der Waals surface area contributed by atoms with Crippen molar-refractivity contribution in [2.75, 3.05) is 36.9 Å². The number of thioether (sulfide) groups is 1. The van der Waals surface area contributed by atoms with Crippen LogP contribution in [0.5, 0.6) is 0 Å². The third-order valence-corrected chi connectivity index (χ3v) is 7.01. The van der Waals surface area contributed by atoms with Crippen molar-refractivity contribution in [1.29, 1.82) is 0 Å². The van der Waals surface area contributed by atoms with Crippen LogP contribution in [0.2, 0.25) is 0 Å². The fourth-order valence-corrected chi connectivity index (χ4v) is 5.18. The molecule has 2 amide bonds. The van der Waals surface area contributed by atoms with Gasteiger partial charge in [0.05, 0.1) is 11.5 Å². The molecule has 1 unspecified atom stereocenters. The molecule has 2 rings (SSSR count). The van der Waals surface area contributed by atoms with Gasteiger partial charge in [0.15, 0.2) is 0 Å². The molecule has 5 nitrogen and oxygen atoms in total. The topological polar surface area (TPSA) is 66.5 Å². The van der Waals surface area contributed by atoms with Crippen molar-refractivity contribution in [2.45, 2.75) is 31.4 Å². The molecule has 2 saturated heterocycles. The highest BCUT2D eigenvalue weighted by atomic mass is 32.2. The molecule has 0 aromatic rings. The summed E-state index contributed by atoms with van der Waals surface area (Å²) in [6, 6.07) is 0.00753. The monoisotopic (exact) mass is 320 g/mol. The Bertz CT molecular complexity index is 425. The van der Waals surface area contributed by atoms with Crippen molar-refractivity contribution in [3.05, 3.63) is 0 Å². The molecule has 0 aromatic heterocycles. The molecular formula is C13H24N2O3S2. The maximum atomic E-state index is 12.1. The maximum absolute atomic E-state index is 12.1. The average Bonchev–Trinajstić information content (AvgIpc) is 2.62. The summed E-state index contributed by atoms with van der Waals surface area (Å²) in [7, 11) is -2.81. The summed E-state index contributed by atoms with van der Waals surface area (Å²) in [4.78, 5) is 14.0. The summed E-state index contributed by atoms with van der Waals surface area (Å²) in [5, 5.41) is 3.60. The average molecular weight is 320 g/mol. The van der Waals surface area contributed by atoms with Crippen LogP contribution in [0.25, 0.3) is 0 Å². The Kier molecular flexibility index (Phi) is 5.60. The summed E-state index contributed by atoms with van der Waals surface area (Å²) in [5.41, 5.74) is 0. The molecule has 2 heterocycles. The van der Waals surface area contributed by atoms with Gasteiger partial charge in [-0.25, -0.2) is 13.2 Å². The van der Waals surface area contributed by atoms with Gasteiger partial charge in [0.2, 0.25) is 0 Å². The van der Waals surface area contributed by atoms with E-state index in [1.54, 1.807) is 0 Å². The number of amides is 2. The fraction of sp³-hybridized carbons (Fsp3) is 0.923. The minimum atomic E-state index is -2.81. The van der Waals surface area contributed by atoms with Crippen LogP contribution in [0.15, 0.2) is 0 Å². The lowest BCUT2D eigenvalue weighted by Crippen LogP contribution is -2.43. The summed E-state index contributed by atoms with van der Waals surface area (Å²) < 4.78 is 22.7. The van der Waals surface area contributed by atoms with Gasteiger partial charge in [-0.05, 0) is 25.2 Å². The minimum absolute atomic E-state index is 0.00753. The molecule has 2 fully saturated rings. The zero-order valence-corrected chi connectivity index (χ0v) is 13.6. The molecule has 2 aliphatic heterocycles. The zero-order valence-electron chi connectivity index (χ0n) is 12.0. The maximum Gasteiger partial charge on any atom is 0.317 e. The van der Waals surface area contributed by atoms with E-state index in [0.29, 0.717) is 30.6 Å². The molecule has 0 saturated carbocycles. The fourth-order valence-electron chi connectivity index (χ4n) is 2.59.